The number of halogens is 3. The van der Waals surface area contributed by atoms with E-state index in [0.717, 1.165) is 38.1 Å². The predicted octanol–water partition coefficient (Wildman–Crippen LogP) is 2.68. The molecule has 1 atom stereocenters. The smallest absolute Gasteiger partial charge is 0.194 e. The van der Waals surface area contributed by atoms with Gasteiger partial charge in [-0.3, -0.25) is 4.90 Å². The molecule has 1 aromatic carbocycles. The number of hydrogen-bond donors (Lipinski definition) is 1. The Morgan fingerprint density at radius 3 is 2.53 bits per heavy atom. The molecule has 1 aliphatic heterocycles. The van der Waals surface area contributed by atoms with Gasteiger partial charge in [-0.2, -0.15) is 0 Å². The summed E-state index contributed by atoms with van der Waals surface area (Å²) < 4.78 is 39.3. The highest BCUT2D eigenvalue weighted by Crippen LogP contribution is 2.21. The van der Waals surface area contributed by atoms with E-state index in [1.54, 1.807) is 0 Å². The highest BCUT2D eigenvalue weighted by molar-refractivity contribution is 5.19. The summed E-state index contributed by atoms with van der Waals surface area (Å²) in [7, 11) is 1.89. The van der Waals surface area contributed by atoms with E-state index in [-0.39, 0.29) is 0 Å². The van der Waals surface area contributed by atoms with Crippen molar-refractivity contribution in [2.24, 2.45) is 0 Å². The highest BCUT2D eigenvalue weighted by Gasteiger charge is 2.22. The van der Waals surface area contributed by atoms with Gasteiger partial charge in [0.15, 0.2) is 17.5 Å². The molecule has 1 aliphatic rings. The maximum Gasteiger partial charge on any atom is 0.194 e. The van der Waals surface area contributed by atoms with Crippen LogP contribution in [0, 0.1) is 17.5 Å². The lowest BCUT2D eigenvalue weighted by Gasteiger charge is -2.35. The molecule has 0 spiro atoms. The van der Waals surface area contributed by atoms with Crippen LogP contribution in [0.1, 0.15) is 24.8 Å². The number of nitrogens with one attached hydrogen (secondary N) is 1. The fourth-order valence-corrected chi connectivity index (χ4v) is 2.67. The van der Waals surface area contributed by atoms with E-state index in [9.17, 15) is 13.2 Å². The first-order valence-corrected chi connectivity index (χ1v) is 6.64. The number of benzene rings is 1. The Balaban J connectivity index is 2.10. The molecule has 106 valence electrons. The third-order valence-electron chi connectivity index (χ3n) is 3.62. The number of likely N-dealkylation sites (tertiary alicyclic amines) is 1. The Hall–Kier alpha value is -1.07. The zero-order chi connectivity index (χ0) is 13.8. The SMILES string of the molecule is CNCC1CCCCN1Cc1cc(F)c(F)c(F)c1. The number of likely N-dealkylation sites (N-methyl/N-ethyl adjacent to an activating group) is 1. The lowest BCUT2D eigenvalue weighted by atomic mass is 10.0. The van der Waals surface area contributed by atoms with Crippen LogP contribution in [-0.2, 0) is 6.54 Å². The molecule has 0 radical (unpaired) electrons. The average molecular weight is 272 g/mol. The molecule has 1 N–H and O–H groups in total. The Kier molecular flexibility index (Phi) is 4.82. The molecule has 2 nitrogen and oxygen atoms in total. The lowest BCUT2D eigenvalue weighted by molar-refractivity contribution is 0.139. The third-order valence-corrected chi connectivity index (χ3v) is 3.62. The monoisotopic (exact) mass is 272 g/mol. The van der Waals surface area contributed by atoms with Crippen LogP contribution in [0.4, 0.5) is 13.2 Å². The Bertz CT molecular complexity index is 412. The van der Waals surface area contributed by atoms with E-state index in [1.807, 2.05) is 7.05 Å². The first-order chi connectivity index (χ1) is 9.11. The summed E-state index contributed by atoms with van der Waals surface area (Å²) in [6.45, 7) is 2.22. The van der Waals surface area contributed by atoms with Gasteiger partial charge < -0.3 is 5.32 Å². The molecule has 5 heteroatoms. The second kappa shape index (κ2) is 6.39. The van der Waals surface area contributed by atoms with Crippen molar-refractivity contribution in [2.75, 3.05) is 20.1 Å². The van der Waals surface area contributed by atoms with Gasteiger partial charge in [-0.1, -0.05) is 6.42 Å². The first kappa shape index (κ1) is 14.3. The van der Waals surface area contributed by atoms with Crippen molar-refractivity contribution >= 4 is 0 Å². The fraction of sp³-hybridized carbons (Fsp3) is 0.571. The highest BCUT2D eigenvalue weighted by atomic mass is 19.2. The van der Waals surface area contributed by atoms with Crippen molar-refractivity contribution in [3.05, 3.63) is 35.1 Å². The van der Waals surface area contributed by atoms with Gasteiger partial charge in [0.25, 0.3) is 0 Å². The Labute approximate surface area is 111 Å². The van der Waals surface area contributed by atoms with Gasteiger partial charge in [0, 0.05) is 19.1 Å². The number of hydrogen-bond acceptors (Lipinski definition) is 2. The van der Waals surface area contributed by atoms with Crippen LogP contribution in [0.2, 0.25) is 0 Å². The van der Waals surface area contributed by atoms with Crippen LogP contribution in [-0.4, -0.2) is 31.1 Å². The van der Waals surface area contributed by atoms with Gasteiger partial charge in [0.1, 0.15) is 0 Å². The molecule has 1 unspecified atom stereocenters. The quantitative estimate of drug-likeness (QED) is 0.848. The molecule has 0 aliphatic carbocycles. The molecule has 2 rings (SSSR count). The maximum atomic E-state index is 13.2. The van der Waals surface area contributed by atoms with Crippen molar-refractivity contribution in [3.63, 3.8) is 0 Å². The largest absolute Gasteiger partial charge is 0.318 e. The third kappa shape index (κ3) is 3.48. The van der Waals surface area contributed by atoms with Crippen LogP contribution < -0.4 is 5.32 Å². The Morgan fingerprint density at radius 2 is 1.89 bits per heavy atom. The van der Waals surface area contributed by atoms with Gasteiger partial charge in [-0.25, -0.2) is 13.2 Å². The molecule has 1 fully saturated rings. The standard InChI is InChI=1S/C14H19F3N2/c1-18-8-11-4-2-3-5-19(11)9-10-6-12(15)14(17)13(16)7-10/h6-7,11,18H,2-5,8-9H2,1H3. The fourth-order valence-electron chi connectivity index (χ4n) is 2.67. The van der Waals surface area contributed by atoms with Crippen molar-refractivity contribution in [1.29, 1.82) is 0 Å². The number of rotatable bonds is 4. The molecular formula is C14H19F3N2. The second-order valence-electron chi connectivity index (χ2n) is 5.05. The van der Waals surface area contributed by atoms with Crippen molar-refractivity contribution < 1.29 is 13.2 Å². The summed E-state index contributed by atoms with van der Waals surface area (Å²) >= 11 is 0. The Morgan fingerprint density at radius 1 is 1.21 bits per heavy atom. The van der Waals surface area contributed by atoms with E-state index in [2.05, 4.69) is 10.2 Å². The van der Waals surface area contributed by atoms with Gasteiger partial charge in [0.2, 0.25) is 0 Å². The molecule has 1 heterocycles. The second-order valence-corrected chi connectivity index (χ2v) is 5.05. The molecule has 0 aromatic heterocycles. The normalized spacial score (nSPS) is 20.7. The van der Waals surface area contributed by atoms with Crippen LogP contribution in [0.15, 0.2) is 12.1 Å². The summed E-state index contributed by atoms with van der Waals surface area (Å²) in [4.78, 5) is 2.20. The molecule has 0 bridgehead atoms. The molecule has 0 amide bonds. The zero-order valence-corrected chi connectivity index (χ0v) is 11.1. The van der Waals surface area contributed by atoms with Gasteiger partial charge in [0.05, 0.1) is 0 Å². The summed E-state index contributed by atoms with van der Waals surface area (Å²) in [5, 5.41) is 3.14. The van der Waals surface area contributed by atoms with Crippen molar-refractivity contribution in [1.82, 2.24) is 10.2 Å². The van der Waals surface area contributed by atoms with Gasteiger partial charge >= 0.3 is 0 Å². The first-order valence-electron chi connectivity index (χ1n) is 6.64. The zero-order valence-electron chi connectivity index (χ0n) is 11.1. The van der Waals surface area contributed by atoms with Crippen molar-refractivity contribution in [2.45, 2.75) is 31.8 Å². The molecule has 0 saturated carbocycles. The lowest BCUT2D eigenvalue weighted by Crippen LogP contribution is -2.44. The van der Waals surface area contributed by atoms with E-state index >= 15 is 0 Å². The molecular weight excluding hydrogens is 253 g/mol. The number of nitrogens with zero attached hydrogens (tertiary/aromatic N) is 1. The summed E-state index contributed by atoms with van der Waals surface area (Å²) in [5.74, 6) is -3.62. The molecule has 1 aromatic rings. The maximum absolute atomic E-state index is 13.2. The minimum absolute atomic E-state index is 0.370. The minimum Gasteiger partial charge on any atom is -0.318 e. The average Bonchev–Trinajstić information content (AvgIpc) is 2.38. The predicted molar refractivity (Wildman–Crippen MR) is 68.3 cm³/mol. The van der Waals surface area contributed by atoms with Gasteiger partial charge in [-0.05, 0) is 44.1 Å². The van der Waals surface area contributed by atoms with E-state index < -0.39 is 17.5 Å². The molecule has 1 saturated heterocycles. The molecule has 19 heavy (non-hydrogen) atoms. The van der Waals surface area contributed by atoms with Crippen LogP contribution in [0.3, 0.4) is 0 Å². The topological polar surface area (TPSA) is 15.3 Å². The summed E-state index contributed by atoms with van der Waals surface area (Å²) in [5.41, 5.74) is 0.486. The number of piperidine rings is 1. The van der Waals surface area contributed by atoms with E-state index in [0.29, 0.717) is 18.2 Å². The van der Waals surface area contributed by atoms with Crippen LogP contribution in [0.25, 0.3) is 0 Å². The summed E-state index contributed by atoms with van der Waals surface area (Å²) in [6, 6.07) is 2.54. The summed E-state index contributed by atoms with van der Waals surface area (Å²) in [6.07, 6.45) is 3.34. The minimum atomic E-state index is -1.39. The van der Waals surface area contributed by atoms with Gasteiger partial charge in [-0.15, -0.1) is 0 Å². The van der Waals surface area contributed by atoms with Crippen LogP contribution >= 0.6 is 0 Å². The van der Waals surface area contributed by atoms with E-state index in [4.69, 9.17) is 0 Å². The van der Waals surface area contributed by atoms with Crippen LogP contribution in [0.5, 0.6) is 0 Å². The van der Waals surface area contributed by atoms with E-state index in [1.165, 1.54) is 6.42 Å². The van der Waals surface area contributed by atoms with Crippen molar-refractivity contribution in [3.8, 4) is 0 Å².